The van der Waals surface area contributed by atoms with E-state index >= 15 is 0 Å². The molecule has 1 N–H and O–H groups in total. The van der Waals surface area contributed by atoms with E-state index in [0.717, 1.165) is 45.4 Å². The number of ether oxygens (including phenoxy) is 2. The molecule has 2 saturated heterocycles. The van der Waals surface area contributed by atoms with Crippen molar-refractivity contribution in [2.45, 2.75) is 32.0 Å². The lowest BCUT2D eigenvalue weighted by atomic mass is 10.1. The summed E-state index contributed by atoms with van der Waals surface area (Å²) in [4.78, 5) is 11.6. The van der Waals surface area contributed by atoms with Crippen molar-refractivity contribution in [2.75, 3.05) is 19.7 Å². The third-order valence-electron chi connectivity index (χ3n) is 2.78. The number of hydrogen-bond donors (Lipinski definition) is 1. The van der Waals surface area contributed by atoms with Gasteiger partial charge in [-0.15, -0.1) is 0 Å². The average Bonchev–Trinajstić information content (AvgIpc) is 2.72. The first-order chi connectivity index (χ1) is 6.86. The number of nitrogens with one attached hydrogen (secondary N) is 1. The predicted octanol–water partition coefficient (Wildman–Crippen LogP) is 0.666. The fourth-order valence-corrected chi connectivity index (χ4v) is 1.89. The zero-order chi connectivity index (χ0) is 9.80. The van der Waals surface area contributed by atoms with Crippen molar-refractivity contribution in [1.29, 1.82) is 0 Å². The van der Waals surface area contributed by atoms with Crippen molar-refractivity contribution in [2.24, 2.45) is 5.92 Å². The highest BCUT2D eigenvalue weighted by Gasteiger charge is 2.27. The number of carbonyl (C=O) groups excluding carboxylic acids is 1. The zero-order valence-electron chi connectivity index (χ0n) is 8.33. The van der Waals surface area contributed by atoms with Crippen molar-refractivity contribution >= 4 is 5.97 Å². The van der Waals surface area contributed by atoms with Gasteiger partial charge in [0.1, 0.15) is 0 Å². The molecule has 0 aromatic carbocycles. The molecule has 0 bridgehead atoms. The summed E-state index contributed by atoms with van der Waals surface area (Å²) in [5.74, 6) is -0.0533. The smallest absolute Gasteiger partial charge is 0.312 e. The van der Waals surface area contributed by atoms with Crippen molar-refractivity contribution < 1.29 is 14.3 Å². The Balaban J connectivity index is 1.75. The van der Waals surface area contributed by atoms with Gasteiger partial charge >= 0.3 is 5.97 Å². The molecule has 0 saturated carbocycles. The average molecular weight is 199 g/mol. The monoisotopic (exact) mass is 199 g/mol. The Morgan fingerprint density at radius 1 is 1.36 bits per heavy atom. The molecule has 0 aromatic rings. The maximum atomic E-state index is 11.6. The second kappa shape index (κ2) is 4.75. The van der Waals surface area contributed by atoms with E-state index in [-0.39, 0.29) is 18.2 Å². The molecular weight excluding hydrogens is 182 g/mol. The van der Waals surface area contributed by atoms with E-state index in [4.69, 9.17) is 9.47 Å². The molecule has 4 heteroatoms. The van der Waals surface area contributed by atoms with Crippen molar-refractivity contribution in [1.82, 2.24) is 5.32 Å². The topological polar surface area (TPSA) is 47.6 Å². The lowest BCUT2D eigenvalue weighted by Gasteiger charge is -2.23. The Labute approximate surface area is 84.0 Å². The molecule has 0 amide bonds. The van der Waals surface area contributed by atoms with Crippen molar-refractivity contribution in [3.8, 4) is 0 Å². The molecule has 80 valence electrons. The molecule has 4 nitrogen and oxygen atoms in total. The van der Waals surface area contributed by atoms with Gasteiger partial charge in [0.15, 0.2) is 0 Å². The second-order valence-electron chi connectivity index (χ2n) is 3.92. The maximum Gasteiger partial charge on any atom is 0.312 e. The van der Waals surface area contributed by atoms with Crippen LogP contribution in [0.5, 0.6) is 0 Å². The minimum absolute atomic E-state index is 0.0422. The lowest BCUT2D eigenvalue weighted by molar-refractivity contribution is -0.190. The number of carbonyl (C=O) groups is 1. The summed E-state index contributed by atoms with van der Waals surface area (Å²) in [6.45, 7) is 2.40. The van der Waals surface area contributed by atoms with E-state index in [2.05, 4.69) is 5.32 Å². The predicted molar refractivity (Wildman–Crippen MR) is 50.7 cm³/mol. The molecule has 0 radical (unpaired) electrons. The van der Waals surface area contributed by atoms with Crippen molar-refractivity contribution in [3.05, 3.63) is 0 Å². The standard InChI is InChI=1S/C10H17NO3/c12-10(8-4-5-11-7-8)14-9-3-1-2-6-13-9/h8-9,11H,1-7H2. The Morgan fingerprint density at radius 2 is 2.29 bits per heavy atom. The lowest BCUT2D eigenvalue weighted by Crippen LogP contribution is -2.29. The largest absolute Gasteiger partial charge is 0.436 e. The van der Waals surface area contributed by atoms with Crippen LogP contribution in [0, 0.1) is 5.92 Å². The van der Waals surface area contributed by atoms with Crippen LogP contribution < -0.4 is 5.32 Å². The first kappa shape index (κ1) is 9.93. The molecular formula is C10H17NO3. The second-order valence-corrected chi connectivity index (χ2v) is 3.92. The Morgan fingerprint density at radius 3 is 2.93 bits per heavy atom. The van der Waals surface area contributed by atoms with Gasteiger partial charge in [-0.2, -0.15) is 0 Å². The summed E-state index contributed by atoms with van der Waals surface area (Å²) in [5.41, 5.74) is 0. The molecule has 0 aromatic heterocycles. The minimum atomic E-state index is -0.281. The van der Waals surface area contributed by atoms with E-state index in [1.807, 2.05) is 0 Å². The summed E-state index contributed by atoms with van der Waals surface area (Å²) in [6.07, 6.45) is 3.65. The number of hydrogen-bond acceptors (Lipinski definition) is 4. The van der Waals surface area contributed by atoms with Crippen LogP contribution in [0.2, 0.25) is 0 Å². The van der Waals surface area contributed by atoms with Gasteiger partial charge in [0.2, 0.25) is 6.29 Å². The molecule has 2 atom stereocenters. The van der Waals surface area contributed by atoms with Gasteiger partial charge in [0.25, 0.3) is 0 Å². The van der Waals surface area contributed by atoms with Gasteiger partial charge in [0, 0.05) is 13.0 Å². The third kappa shape index (κ3) is 2.45. The molecule has 2 rings (SSSR count). The van der Waals surface area contributed by atoms with Gasteiger partial charge in [-0.25, -0.2) is 0 Å². The first-order valence-corrected chi connectivity index (χ1v) is 5.39. The van der Waals surface area contributed by atoms with Gasteiger partial charge < -0.3 is 14.8 Å². The molecule has 2 unspecified atom stereocenters. The SMILES string of the molecule is O=C(OC1CCCCO1)C1CCNC1. The molecule has 2 fully saturated rings. The van der Waals surface area contributed by atoms with Crippen molar-refractivity contribution in [3.63, 3.8) is 0 Å². The van der Waals surface area contributed by atoms with Gasteiger partial charge in [-0.05, 0) is 25.8 Å². The van der Waals surface area contributed by atoms with E-state index in [0.29, 0.717) is 0 Å². The van der Waals surface area contributed by atoms with Crippen LogP contribution in [0.25, 0.3) is 0 Å². The van der Waals surface area contributed by atoms with Crippen LogP contribution in [-0.2, 0) is 14.3 Å². The minimum Gasteiger partial charge on any atom is -0.436 e. The molecule has 14 heavy (non-hydrogen) atoms. The van der Waals surface area contributed by atoms with Gasteiger partial charge in [-0.3, -0.25) is 4.79 Å². The Bertz CT molecular complexity index is 196. The first-order valence-electron chi connectivity index (χ1n) is 5.39. The van der Waals surface area contributed by atoms with E-state index in [1.54, 1.807) is 0 Å². The van der Waals surface area contributed by atoms with E-state index in [9.17, 15) is 4.79 Å². The summed E-state index contributed by atoms with van der Waals surface area (Å²) >= 11 is 0. The Kier molecular flexibility index (Phi) is 3.37. The van der Waals surface area contributed by atoms with Crippen LogP contribution in [0.1, 0.15) is 25.7 Å². The highest BCUT2D eigenvalue weighted by Crippen LogP contribution is 2.17. The quantitative estimate of drug-likeness (QED) is 0.664. The maximum absolute atomic E-state index is 11.6. The van der Waals surface area contributed by atoms with Crippen LogP contribution >= 0.6 is 0 Å². The number of esters is 1. The van der Waals surface area contributed by atoms with Crippen LogP contribution in [0.4, 0.5) is 0 Å². The van der Waals surface area contributed by atoms with Crippen LogP contribution in [0.3, 0.4) is 0 Å². The molecule has 0 spiro atoms. The fourth-order valence-electron chi connectivity index (χ4n) is 1.89. The zero-order valence-corrected chi connectivity index (χ0v) is 8.33. The summed E-state index contributed by atoms with van der Waals surface area (Å²) in [5, 5.41) is 3.15. The number of rotatable bonds is 2. The van der Waals surface area contributed by atoms with Gasteiger partial charge in [0.05, 0.1) is 12.5 Å². The highest BCUT2D eigenvalue weighted by molar-refractivity contribution is 5.73. The Hall–Kier alpha value is -0.610. The molecule has 0 aliphatic carbocycles. The summed E-state index contributed by atoms with van der Waals surface area (Å²) in [6, 6.07) is 0. The van der Waals surface area contributed by atoms with E-state index in [1.165, 1.54) is 0 Å². The fraction of sp³-hybridized carbons (Fsp3) is 0.900. The molecule has 2 heterocycles. The van der Waals surface area contributed by atoms with Gasteiger partial charge in [-0.1, -0.05) is 0 Å². The van der Waals surface area contributed by atoms with E-state index < -0.39 is 0 Å². The van der Waals surface area contributed by atoms with Crippen LogP contribution in [-0.4, -0.2) is 32.0 Å². The normalized spacial score (nSPS) is 32.9. The summed E-state index contributed by atoms with van der Waals surface area (Å²) < 4.78 is 10.6. The molecule has 2 aliphatic heterocycles. The molecule has 2 aliphatic rings. The summed E-state index contributed by atoms with van der Waals surface area (Å²) in [7, 11) is 0. The third-order valence-corrected chi connectivity index (χ3v) is 2.78. The highest BCUT2D eigenvalue weighted by atomic mass is 16.7. The van der Waals surface area contributed by atoms with Crippen LogP contribution in [0.15, 0.2) is 0 Å².